The van der Waals surface area contributed by atoms with E-state index < -0.39 is 0 Å². The van der Waals surface area contributed by atoms with E-state index in [1.165, 1.54) is 23.0 Å². The number of hydrogen-bond acceptors (Lipinski definition) is 5. The van der Waals surface area contributed by atoms with Crippen LogP contribution in [0.15, 0.2) is 70.6 Å². The van der Waals surface area contributed by atoms with E-state index in [1.54, 1.807) is 0 Å². The Morgan fingerprint density at radius 3 is 2.28 bits per heavy atom. The number of benzene rings is 2. The van der Waals surface area contributed by atoms with E-state index in [4.69, 9.17) is 0 Å². The molecule has 4 rings (SSSR count). The number of H-pyrrole nitrogens is 1. The van der Waals surface area contributed by atoms with Gasteiger partial charge in [0.05, 0.1) is 6.42 Å². The van der Waals surface area contributed by atoms with E-state index in [0.29, 0.717) is 29.5 Å². The molecule has 0 unspecified atom stereocenters. The van der Waals surface area contributed by atoms with Crippen LogP contribution in [0, 0.1) is 6.92 Å². The van der Waals surface area contributed by atoms with E-state index in [9.17, 15) is 9.59 Å². The standard InChI is InChI=1S/C25H28N4O2S/c1-18-22(24(31)27-25(26-18)32-19(2)20-9-5-3-6-10-20)17-23(30)29-15-13-28(14-16-29)21-11-7-4-8-12-21/h3-12,19H,13-17H2,1-2H3,(H,26,27,31)/t19-/m1/s1. The normalized spacial score (nSPS) is 14.9. The van der Waals surface area contributed by atoms with Crippen molar-refractivity contribution in [2.45, 2.75) is 30.7 Å². The maximum Gasteiger partial charge on any atom is 0.255 e. The van der Waals surface area contributed by atoms with E-state index >= 15 is 0 Å². The Morgan fingerprint density at radius 2 is 1.66 bits per heavy atom. The first-order valence-corrected chi connectivity index (χ1v) is 11.8. The zero-order chi connectivity index (χ0) is 22.5. The summed E-state index contributed by atoms with van der Waals surface area (Å²) >= 11 is 1.51. The summed E-state index contributed by atoms with van der Waals surface area (Å²) in [6.07, 6.45) is 0.0820. The third-order valence-electron chi connectivity index (χ3n) is 5.84. The summed E-state index contributed by atoms with van der Waals surface area (Å²) < 4.78 is 0. The number of rotatable bonds is 6. The molecule has 1 atom stereocenters. The lowest BCUT2D eigenvalue weighted by Crippen LogP contribution is -2.49. The van der Waals surface area contributed by atoms with Gasteiger partial charge in [-0.1, -0.05) is 60.3 Å². The summed E-state index contributed by atoms with van der Waals surface area (Å²) in [5.41, 5.74) is 3.20. The first-order valence-electron chi connectivity index (χ1n) is 10.9. The van der Waals surface area contributed by atoms with Crippen molar-refractivity contribution in [1.82, 2.24) is 14.9 Å². The fourth-order valence-corrected chi connectivity index (χ4v) is 4.89. The highest BCUT2D eigenvalue weighted by Gasteiger charge is 2.23. The van der Waals surface area contributed by atoms with Crippen LogP contribution < -0.4 is 10.5 Å². The molecule has 3 aromatic rings. The Labute approximate surface area is 192 Å². The lowest BCUT2D eigenvalue weighted by molar-refractivity contribution is -0.130. The average Bonchev–Trinajstić information content (AvgIpc) is 2.82. The Morgan fingerprint density at radius 1 is 1.03 bits per heavy atom. The molecule has 6 nitrogen and oxygen atoms in total. The fraction of sp³-hybridized carbons (Fsp3) is 0.320. The number of carbonyl (C=O) groups excluding carboxylic acids is 1. The van der Waals surface area contributed by atoms with Gasteiger partial charge in [0, 0.05) is 48.4 Å². The van der Waals surface area contributed by atoms with Gasteiger partial charge in [-0.15, -0.1) is 0 Å². The van der Waals surface area contributed by atoms with Crippen LogP contribution in [-0.4, -0.2) is 47.0 Å². The number of amides is 1. The number of anilines is 1. The van der Waals surface area contributed by atoms with Gasteiger partial charge in [-0.2, -0.15) is 0 Å². The van der Waals surface area contributed by atoms with Gasteiger partial charge in [0.1, 0.15) is 0 Å². The zero-order valence-electron chi connectivity index (χ0n) is 18.5. The molecule has 0 aliphatic carbocycles. The fourth-order valence-electron chi connectivity index (χ4n) is 3.92. The molecule has 1 amide bonds. The van der Waals surface area contributed by atoms with Crippen LogP contribution in [0.2, 0.25) is 0 Å². The molecule has 0 radical (unpaired) electrons. The van der Waals surface area contributed by atoms with Gasteiger partial charge in [0.25, 0.3) is 5.56 Å². The van der Waals surface area contributed by atoms with E-state index in [2.05, 4.69) is 46.1 Å². The van der Waals surface area contributed by atoms with Crippen LogP contribution in [0.5, 0.6) is 0 Å². The van der Waals surface area contributed by atoms with Gasteiger partial charge in [0.15, 0.2) is 5.16 Å². The van der Waals surface area contributed by atoms with Crippen molar-refractivity contribution in [3.63, 3.8) is 0 Å². The quantitative estimate of drug-likeness (QED) is 0.459. The molecule has 2 heterocycles. The summed E-state index contributed by atoms with van der Waals surface area (Å²) in [5.74, 6) is -0.0221. The Balaban J connectivity index is 1.38. The number of nitrogens with zero attached hydrogens (tertiary/aromatic N) is 3. The number of para-hydroxylation sites is 1. The topological polar surface area (TPSA) is 69.3 Å². The molecule has 0 bridgehead atoms. The van der Waals surface area contributed by atoms with Gasteiger partial charge in [-0.25, -0.2) is 4.98 Å². The Bertz CT molecular complexity index is 1110. The second-order valence-electron chi connectivity index (χ2n) is 7.99. The first-order chi connectivity index (χ1) is 15.5. The van der Waals surface area contributed by atoms with E-state index in [-0.39, 0.29) is 23.1 Å². The monoisotopic (exact) mass is 448 g/mol. The molecule has 166 valence electrons. The van der Waals surface area contributed by atoms with Crippen molar-refractivity contribution in [2.75, 3.05) is 31.1 Å². The number of aryl methyl sites for hydroxylation is 1. The number of hydrogen-bond donors (Lipinski definition) is 1. The molecule has 1 fully saturated rings. The summed E-state index contributed by atoms with van der Waals surface area (Å²) in [6, 6.07) is 20.3. The minimum atomic E-state index is -0.225. The highest BCUT2D eigenvalue weighted by atomic mass is 32.2. The van der Waals surface area contributed by atoms with Gasteiger partial charge in [-0.3, -0.25) is 9.59 Å². The highest BCUT2D eigenvalue weighted by Crippen LogP contribution is 2.32. The third-order valence-corrected chi connectivity index (χ3v) is 6.88. The maximum atomic E-state index is 12.9. The number of thioether (sulfide) groups is 1. The molecule has 1 aliphatic rings. The predicted octanol–water partition coefficient (Wildman–Crippen LogP) is 3.82. The number of carbonyl (C=O) groups is 1. The highest BCUT2D eigenvalue weighted by molar-refractivity contribution is 7.99. The van der Waals surface area contributed by atoms with Crippen molar-refractivity contribution in [3.8, 4) is 0 Å². The molecule has 1 saturated heterocycles. The van der Waals surface area contributed by atoms with E-state index in [0.717, 1.165) is 13.1 Å². The van der Waals surface area contributed by atoms with Crippen LogP contribution >= 0.6 is 11.8 Å². The molecular weight excluding hydrogens is 420 g/mol. The van der Waals surface area contributed by atoms with Crippen molar-refractivity contribution in [3.05, 3.63) is 87.8 Å². The first kappa shape index (κ1) is 22.1. The van der Waals surface area contributed by atoms with Crippen LogP contribution in [-0.2, 0) is 11.2 Å². The smallest absolute Gasteiger partial charge is 0.255 e. The maximum absolute atomic E-state index is 12.9. The molecule has 0 spiro atoms. The van der Waals surface area contributed by atoms with Gasteiger partial charge >= 0.3 is 0 Å². The van der Waals surface area contributed by atoms with Crippen molar-refractivity contribution in [1.29, 1.82) is 0 Å². The third kappa shape index (κ3) is 5.22. The summed E-state index contributed by atoms with van der Waals surface area (Å²) in [7, 11) is 0. The van der Waals surface area contributed by atoms with E-state index in [1.807, 2.05) is 48.2 Å². The van der Waals surface area contributed by atoms with Gasteiger partial charge in [-0.05, 0) is 31.5 Å². The van der Waals surface area contributed by atoms with Gasteiger partial charge < -0.3 is 14.8 Å². The summed E-state index contributed by atoms with van der Waals surface area (Å²) in [4.78, 5) is 37.2. The minimum absolute atomic E-state index is 0.0221. The molecule has 0 saturated carbocycles. The number of nitrogens with one attached hydrogen (secondary N) is 1. The number of aromatic amines is 1. The van der Waals surface area contributed by atoms with Crippen molar-refractivity contribution in [2.24, 2.45) is 0 Å². The predicted molar refractivity (Wildman–Crippen MR) is 129 cm³/mol. The molecule has 7 heteroatoms. The molecular formula is C25H28N4O2S. The second kappa shape index (κ2) is 10.0. The lowest BCUT2D eigenvalue weighted by atomic mass is 10.1. The summed E-state index contributed by atoms with van der Waals surface area (Å²) in [6.45, 7) is 6.78. The van der Waals surface area contributed by atoms with Crippen LogP contribution in [0.4, 0.5) is 5.69 Å². The largest absolute Gasteiger partial charge is 0.368 e. The molecule has 1 aromatic heterocycles. The van der Waals surface area contributed by atoms with Crippen molar-refractivity contribution >= 4 is 23.4 Å². The molecule has 2 aromatic carbocycles. The van der Waals surface area contributed by atoms with Crippen LogP contribution in [0.3, 0.4) is 0 Å². The van der Waals surface area contributed by atoms with Crippen LogP contribution in [0.1, 0.15) is 29.0 Å². The van der Waals surface area contributed by atoms with Crippen LogP contribution in [0.25, 0.3) is 0 Å². The second-order valence-corrected chi connectivity index (χ2v) is 9.32. The summed E-state index contributed by atoms with van der Waals surface area (Å²) in [5, 5.41) is 0.740. The van der Waals surface area contributed by atoms with Crippen molar-refractivity contribution < 1.29 is 4.79 Å². The minimum Gasteiger partial charge on any atom is -0.368 e. The SMILES string of the molecule is Cc1nc(S[C@H](C)c2ccccc2)[nH]c(=O)c1CC(=O)N1CCN(c2ccccc2)CC1. The van der Waals surface area contributed by atoms with Gasteiger partial charge in [0.2, 0.25) is 5.91 Å². The molecule has 32 heavy (non-hydrogen) atoms. The number of aromatic nitrogens is 2. The lowest BCUT2D eigenvalue weighted by Gasteiger charge is -2.36. The Kier molecular flexibility index (Phi) is 6.95. The average molecular weight is 449 g/mol. The Hall–Kier alpha value is -3.06. The number of piperazine rings is 1. The molecule has 1 aliphatic heterocycles. The molecule has 1 N–H and O–H groups in total. The zero-order valence-corrected chi connectivity index (χ0v) is 19.3.